The summed E-state index contributed by atoms with van der Waals surface area (Å²) in [5.41, 5.74) is -0.776. The third-order valence-electron chi connectivity index (χ3n) is 3.33. The number of pyridine rings is 1. The number of hydrogen-bond donors (Lipinski definition) is 2. The molecule has 1 aromatic heterocycles. The number of rotatable bonds is 10. The van der Waals surface area contributed by atoms with Crippen LogP contribution in [0, 0.1) is 0 Å². The second-order valence-corrected chi connectivity index (χ2v) is 8.27. The Morgan fingerprint density at radius 2 is 1.86 bits per heavy atom. The molecular formula is C18H25F3N2O5S. The van der Waals surface area contributed by atoms with E-state index in [9.17, 15) is 27.9 Å². The molecule has 1 heterocycles. The number of alkyl halides is 3. The molecular weight excluding hydrogens is 413 g/mol. The maximum Gasteiger partial charge on any atom is 0.425 e. The molecule has 0 spiro atoms. The Kier molecular flexibility index (Phi) is 9.54. The number of carboxylic acids is 1. The first kappa shape index (κ1) is 24.9. The van der Waals surface area contributed by atoms with E-state index in [2.05, 4.69) is 10.3 Å². The van der Waals surface area contributed by atoms with Crippen LogP contribution in [-0.2, 0) is 9.53 Å². The Balaban J connectivity index is 2.44. The monoisotopic (exact) mass is 438 g/mol. The normalized spacial score (nSPS) is 14.0. The second-order valence-electron chi connectivity index (χ2n) is 7.04. The molecule has 2 atom stereocenters. The number of hydrogen-bond acceptors (Lipinski definition) is 6. The highest BCUT2D eigenvalue weighted by Gasteiger charge is 2.41. The van der Waals surface area contributed by atoms with E-state index in [-0.39, 0.29) is 30.2 Å². The van der Waals surface area contributed by atoms with Gasteiger partial charge in [-0.3, -0.25) is 0 Å². The average Bonchev–Trinajstić information content (AvgIpc) is 2.57. The highest BCUT2D eigenvalue weighted by Crippen LogP contribution is 2.27. The van der Waals surface area contributed by atoms with Crippen LogP contribution in [0.2, 0.25) is 0 Å². The lowest BCUT2D eigenvalue weighted by atomic mass is 10.2. The number of aliphatic carboxylic acids is 1. The zero-order valence-corrected chi connectivity index (χ0v) is 17.2. The SMILES string of the molecule is CC(C)(C)OC(=O)N[C@@H](CCSCCC(Oc1ccccn1)C(F)(F)F)C(=O)O. The van der Waals surface area contributed by atoms with Crippen LogP contribution >= 0.6 is 11.8 Å². The first-order valence-corrected chi connectivity index (χ1v) is 9.98. The van der Waals surface area contributed by atoms with E-state index in [0.717, 1.165) is 11.8 Å². The van der Waals surface area contributed by atoms with Gasteiger partial charge in [0, 0.05) is 18.7 Å². The molecule has 1 amide bonds. The molecule has 7 nitrogen and oxygen atoms in total. The van der Waals surface area contributed by atoms with Crippen molar-refractivity contribution in [1.29, 1.82) is 0 Å². The van der Waals surface area contributed by atoms with Gasteiger partial charge in [0.1, 0.15) is 11.6 Å². The van der Waals surface area contributed by atoms with Gasteiger partial charge in [0.25, 0.3) is 0 Å². The number of thioether (sulfide) groups is 1. The highest BCUT2D eigenvalue weighted by atomic mass is 32.2. The standard InChI is InChI=1S/C18H25F3N2O5S/c1-17(2,3)28-16(26)23-12(15(24)25)7-10-29-11-8-13(18(19,20)21)27-14-6-4-5-9-22-14/h4-6,9,12-13H,7-8,10-11H2,1-3H3,(H,23,26)(H,24,25)/t12-,13?/m0/s1. The van der Waals surface area contributed by atoms with E-state index >= 15 is 0 Å². The van der Waals surface area contributed by atoms with Gasteiger partial charge < -0.3 is 19.9 Å². The molecule has 29 heavy (non-hydrogen) atoms. The number of aromatic nitrogens is 1. The summed E-state index contributed by atoms with van der Waals surface area (Å²) in [4.78, 5) is 26.7. The van der Waals surface area contributed by atoms with Gasteiger partial charge in [-0.2, -0.15) is 24.9 Å². The van der Waals surface area contributed by atoms with Crippen LogP contribution in [0.5, 0.6) is 5.88 Å². The minimum Gasteiger partial charge on any atom is -0.480 e. The van der Waals surface area contributed by atoms with Gasteiger partial charge in [0.15, 0.2) is 6.10 Å². The molecule has 0 bridgehead atoms. The summed E-state index contributed by atoms with van der Waals surface area (Å²) >= 11 is 1.14. The fourth-order valence-corrected chi connectivity index (χ4v) is 3.04. The molecule has 11 heteroatoms. The fraction of sp³-hybridized carbons (Fsp3) is 0.611. The predicted molar refractivity (Wildman–Crippen MR) is 102 cm³/mol. The number of alkyl carbamates (subject to hydrolysis) is 1. The van der Waals surface area contributed by atoms with Crippen molar-refractivity contribution in [3.8, 4) is 5.88 Å². The minimum atomic E-state index is -4.56. The first-order valence-electron chi connectivity index (χ1n) is 8.83. The maximum atomic E-state index is 13.1. The molecule has 0 aliphatic heterocycles. The number of nitrogens with zero attached hydrogens (tertiary/aromatic N) is 1. The molecule has 1 aromatic rings. The third kappa shape index (κ3) is 10.8. The summed E-state index contributed by atoms with van der Waals surface area (Å²) in [7, 11) is 0. The summed E-state index contributed by atoms with van der Waals surface area (Å²) in [5.74, 6) is -1.04. The van der Waals surface area contributed by atoms with Crippen molar-refractivity contribution in [1.82, 2.24) is 10.3 Å². The van der Waals surface area contributed by atoms with Crippen LogP contribution in [0.15, 0.2) is 24.4 Å². The zero-order chi connectivity index (χ0) is 22.1. The Hall–Kier alpha value is -2.17. The smallest absolute Gasteiger partial charge is 0.425 e. The number of nitrogens with one attached hydrogen (secondary N) is 1. The molecule has 1 unspecified atom stereocenters. The molecule has 0 aromatic carbocycles. The van der Waals surface area contributed by atoms with Gasteiger partial charge in [0.2, 0.25) is 5.88 Å². The number of ether oxygens (including phenoxy) is 2. The molecule has 0 radical (unpaired) electrons. The van der Waals surface area contributed by atoms with Crippen molar-refractivity contribution in [2.75, 3.05) is 11.5 Å². The van der Waals surface area contributed by atoms with Crippen molar-refractivity contribution in [3.05, 3.63) is 24.4 Å². The summed E-state index contributed by atoms with van der Waals surface area (Å²) in [6.45, 7) is 4.92. The van der Waals surface area contributed by atoms with Crippen LogP contribution in [0.25, 0.3) is 0 Å². The minimum absolute atomic E-state index is 0.0387. The van der Waals surface area contributed by atoms with E-state index in [4.69, 9.17) is 9.47 Å². The average molecular weight is 438 g/mol. The van der Waals surface area contributed by atoms with Gasteiger partial charge in [-0.15, -0.1) is 0 Å². The van der Waals surface area contributed by atoms with Gasteiger partial charge in [-0.1, -0.05) is 6.07 Å². The quantitative estimate of drug-likeness (QED) is 0.535. The molecule has 0 aliphatic carbocycles. The molecule has 0 saturated heterocycles. The summed E-state index contributed by atoms with van der Waals surface area (Å²) in [6.07, 6.45) is -6.38. The topological polar surface area (TPSA) is 97.8 Å². The molecule has 0 aliphatic rings. The van der Waals surface area contributed by atoms with Crippen molar-refractivity contribution in [3.63, 3.8) is 0 Å². The van der Waals surface area contributed by atoms with Crippen molar-refractivity contribution in [2.45, 2.75) is 57.5 Å². The number of carboxylic acid groups (broad SMARTS) is 1. The van der Waals surface area contributed by atoms with E-state index in [0.29, 0.717) is 0 Å². The Morgan fingerprint density at radius 3 is 2.38 bits per heavy atom. The molecule has 0 fully saturated rings. The number of amides is 1. The summed E-state index contributed by atoms with van der Waals surface area (Å²) in [6, 6.07) is 3.23. The van der Waals surface area contributed by atoms with E-state index in [1.54, 1.807) is 26.8 Å². The molecule has 1 rings (SSSR count). The number of halogens is 3. The van der Waals surface area contributed by atoms with Crippen LogP contribution in [0.4, 0.5) is 18.0 Å². The fourth-order valence-electron chi connectivity index (χ4n) is 2.05. The van der Waals surface area contributed by atoms with Crippen LogP contribution in [-0.4, -0.2) is 57.6 Å². The van der Waals surface area contributed by atoms with Crippen molar-refractivity contribution in [2.24, 2.45) is 0 Å². The Bertz CT molecular complexity index is 653. The molecule has 0 saturated carbocycles. The van der Waals surface area contributed by atoms with Gasteiger partial charge in [-0.25, -0.2) is 14.6 Å². The third-order valence-corrected chi connectivity index (χ3v) is 4.38. The van der Waals surface area contributed by atoms with E-state index in [1.807, 2.05) is 0 Å². The van der Waals surface area contributed by atoms with Crippen LogP contribution < -0.4 is 10.1 Å². The lowest BCUT2D eigenvalue weighted by molar-refractivity contribution is -0.196. The van der Waals surface area contributed by atoms with E-state index in [1.165, 1.54) is 18.3 Å². The molecule has 164 valence electrons. The van der Waals surface area contributed by atoms with Gasteiger partial charge in [0.05, 0.1) is 0 Å². The van der Waals surface area contributed by atoms with Gasteiger partial charge >= 0.3 is 18.2 Å². The summed E-state index contributed by atoms with van der Waals surface area (Å²) in [5, 5.41) is 11.4. The van der Waals surface area contributed by atoms with E-state index < -0.39 is 36.0 Å². The zero-order valence-electron chi connectivity index (χ0n) is 16.4. The lowest BCUT2D eigenvalue weighted by Crippen LogP contribution is -2.43. The van der Waals surface area contributed by atoms with Crippen LogP contribution in [0.3, 0.4) is 0 Å². The number of carbonyl (C=O) groups is 2. The second kappa shape index (κ2) is 11.1. The maximum absolute atomic E-state index is 13.1. The Morgan fingerprint density at radius 1 is 1.21 bits per heavy atom. The lowest BCUT2D eigenvalue weighted by Gasteiger charge is -2.22. The van der Waals surface area contributed by atoms with Gasteiger partial charge in [-0.05, 0) is 44.8 Å². The van der Waals surface area contributed by atoms with Crippen molar-refractivity contribution < 1.29 is 37.3 Å². The van der Waals surface area contributed by atoms with Crippen LogP contribution in [0.1, 0.15) is 33.6 Å². The highest BCUT2D eigenvalue weighted by molar-refractivity contribution is 7.99. The predicted octanol–water partition coefficient (Wildman–Crippen LogP) is 3.88. The largest absolute Gasteiger partial charge is 0.480 e. The summed E-state index contributed by atoms with van der Waals surface area (Å²) < 4.78 is 49.3. The Labute approximate surface area is 171 Å². The molecule has 2 N–H and O–H groups in total. The first-order chi connectivity index (χ1) is 13.4. The van der Waals surface area contributed by atoms with Crippen molar-refractivity contribution >= 4 is 23.8 Å². The number of carbonyl (C=O) groups excluding carboxylic acids is 1.